The zero-order valence-electron chi connectivity index (χ0n) is 17.7. The number of rotatable bonds is 9. The third kappa shape index (κ3) is 6.01. The van der Waals surface area contributed by atoms with Crippen molar-refractivity contribution in [3.8, 4) is 16.9 Å². The van der Waals surface area contributed by atoms with Crippen LogP contribution in [0.2, 0.25) is 0 Å². The number of hydrogen-bond donors (Lipinski definition) is 0. The van der Waals surface area contributed by atoms with Gasteiger partial charge >= 0.3 is 5.97 Å². The van der Waals surface area contributed by atoms with Crippen LogP contribution in [-0.4, -0.2) is 18.4 Å². The van der Waals surface area contributed by atoms with Crippen LogP contribution in [0.4, 0.5) is 4.39 Å². The molecule has 0 saturated heterocycles. The molecule has 5 heteroatoms. The lowest BCUT2D eigenvalue weighted by Crippen LogP contribution is -2.05. The van der Waals surface area contributed by atoms with Crippen molar-refractivity contribution in [3.05, 3.63) is 89.2 Å². The molecule has 3 rings (SSSR count). The number of benzene rings is 3. The van der Waals surface area contributed by atoms with Crippen LogP contribution in [0.1, 0.15) is 41.8 Å². The monoisotopic (exact) mass is 420 g/mol. The smallest absolute Gasteiger partial charge is 0.306 e. The molecule has 3 aromatic carbocycles. The Balaban J connectivity index is 1.69. The van der Waals surface area contributed by atoms with Gasteiger partial charge in [0.05, 0.1) is 6.61 Å². The number of hydrogen-bond acceptors (Lipinski definition) is 4. The highest BCUT2D eigenvalue weighted by Gasteiger charge is 2.12. The third-order valence-corrected chi connectivity index (χ3v) is 4.95. The first-order valence-electron chi connectivity index (χ1n) is 10.2. The van der Waals surface area contributed by atoms with Crippen molar-refractivity contribution in [1.82, 2.24) is 0 Å². The van der Waals surface area contributed by atoms with Gasteiger partial charge in [0.2, 0.25) is 0 Å². The summed E-state index contributed by atoms with van der Waals surface area (Å²) in [5, 5.41) is 0. The van der Waals surface area contributed by atoms with Gasteiger partial charge in [-0.15, -0.1) is 0 Å². The van der Waals surface area contributed by atoms with Crippen molar-refractivity contribution >= 4 is 11.8 Å². The van der Waals surface area contributed by atoms with Crippen molar-refractivity contribution in [1.29, 1.82) is 0 Å². The summed E-state index contributed by atoms with van der Waals surface area (Å²) in [6, 6.07) is 19.4. The highest BCUT2D eigenvalue weighted by molar-refractivity contribution is 5.94. The van der Waals surface area contributed by atoms with E-state index in [1.54, 1.807) is 25.1 Å². The van der Waals surface area contributed by atoms with Gasteiger partial charge in [0.15, 0.2) is 5.78 Å². The minimum Gasteiger partial charge on any atom is -0.489 e. The summed E-state index contributed by atoms with van der Waals surface area (Å²) in [4.78, 5) is 23.0. The summed E-state index contributed by atoms with van der Waals surface area (Å²) in [7, 11) is 0. The molecule has 0 fully saturated rings. The van der Waals surface area contributed by atoms with Crippen LogP contribution in [0.3, 0.4) is 0 Å². The Bertz CT molecular complexity index is 1040. The fraction of sp³-hybridized carbons (Fsp3) is 0.231. The summed E-state index contributed by atoms with van der Waals surface area (Å²) in [6.45, 7) is 3.74. The van der Waals surface area contributed by atoms with E-state index in [4.69, 9.17) is 9.47 Å². The van der Waals surface area contributed by atoms with Crippen molar-refractivity contribution in [2.24, 2.45) is 0 Å². The maximum Gasteiger partial charge on any atom is 0.306 e. The molecule has 0 unspecified atom stereocenters. The van der Waals surface area contributed by atoms with Gasteiger partial charge in [0, 0.05) is 17.5 Å². The molecule has 0 amide bonds. The molecule has 160 valence electrons. The molecule has 0 atom stereocenters. The molecule has 0 aliphatic heterocycles. The minimum absolute atomic E-state index is 0.0138. The lowest BCUT2D eigenvalue weighted by Gasteiger charge is -2.13. The van der Waals surface area contributed by atoms with E-state index in [-0.39, 0.29) is 24.2 Å². The molecule has 3 aromatic rings. The topological polar surface area (TPSA) is 52.6 Å². The van der Waals surface area contributed by atoms with E-state index < -0.39 is 0 Å². The fourth-order valence-corrected chi connectivity index (χ4v) is 3.25. The fourth-order valence-electron chi connectivity index (χ4n) is 3.25. The minimum atomic E-state index is -0.348. The van der Waals surface area contributed by atoms with Crippen LogP contribution >= 0.6 is 0 Å². The quantitative estimate of drug-likeness (QED) is 0.326. The zero-order valence-corrected chi connectivity index (χ0v) is 17.7. The normalized spacial score (nSPS) is 10.5. The Hall–Kier alpha value is -3.47. The Morgan fingerprint density at radius 1 is 0.935 bits per heavy atom. The molecule has 0 saturated carbocycles. The number of carbonyl (C=O) groups is 2. The molecule has 0 aliphatic rings. The summed E-state index contributed by atoms with van der Waals surface area (Å²) in [6.07, 6.45) is 0.919. The number of esters is 1. The molecule has 31 heavy (non-hydrogen) atoms. The molecular weight excluding hydrogens is 395 g/mol. The van der Waals surface area contributed by atoms with E-state index >= 15 is 0 Å². The highest BCUT2D eigenvalue weighted by Crippen LogP contribution is 2.28. The molecule has 0 N–H and O–H groups in total. The van der Waals surface area contributed by atoms with E-state index in [0.29, 0.717) is 36.3 Å². The lowest BCUT2D eigenvalue weighted by molar-refractivity contribution is -0.143. The molecule has 0 bridgehead atoms. The van der Waals surface area contributed by atoms with Crippen molar-refractivity contribution in [2.75, 3.05) is 6.61 Å². The average Bonchev–Trinajstić information content (AvgIpc) is 2.78. The van der Waals surface area contributed by atoms with Gasteiger partial charge in [-0.1, -0.05) is 48.5 Å². The average molecular weight is 420 g/mol. The Labute approximate surface area is 181 Å². The second-order valence-electron chi connectivity index (χ2n) is 7.14. The van der Waals surface area contributed by atoms with Gasteiger partial charge in [-0.3, -0.25) is 9.59 Å². The standard InChI is InChI=1S/C26H25FO4/c1-3-30-26(29)16-9-19-7-14-22(15-8-19)31-17-24-23(5-4-6-25(24)27)21-12-10-20(11-13-21)18(2)28/h4-8,10-15H,3,9,16-17H2,1-2H3. The van der Waals surface area contributed by atoms with Crippen LogP contribution in [0.15, 0.2) is 66.7 Å². The number of carbonyl (C=O) groups excluding carboxylic acids is 2. The maximum atomic E-state index is 14.6. The van der Waals surface area contributed by atoms with E-state index in [9.17, 15) is 14.0 Å². The van der Waals surface area contributed by atoms with Gasteiger partial charge in [0.25, 0.3) is 0 Å². The van der Waals surface area contributed by atoms with Crippen molar-refractivity contribution in [3.63, 3.8) is 0 Å². The van der Waals surface area contributed by atoms with E-state index in [1.807, 2.05) is 42.5 Å². The first-order valence-corrected chi connectivity index (χ1v) is 10.2. The van der Waals surface area contributed by atoms with Gasteiger partial charge in [-0.05, 0) is 55.2 Å². The van der Waals surface area contributed by atoms with Crippen molar-refractivity contribution in [2.45, 2.75) is 33.3 Å². The lowest BCUT2D eigenvalue weighted by atomic mass is 9.98. The molecule has 4 nitrogen and oxygen atoms in total. The van der Waals surface area contributed by atoms with Crippen LogP contribution in [-0.2, 0) is 22.6 Å². The molecular formula is C26H25FO4. The summed E-state index contributed by atoms with van der Waals surface area (Å²) < 4.78 is 25.3. The van der Waals surface area contributed by atoms with Crippen LogP contribution in [0, 0.1) is 5.82 Å². The number of ether oxygens (including phenoxy) is 2. The molecule has 0 aliphatic carbocycles. The number of halogens is 1. The first-order chi connectivity index (χ1) is 15.0. The van der Waals surface area contributed by atoms with E-state index in [0.717, 1.165) is 16.7 Å². The zero-order chi connectivity index (χ0) is 22.2. The van der Waals surface area contributed by atoms with Crippen molar-refractivity contribution < 1.29 is 23.5 Å². The second-order valence-corrected chi connectivity index (χ2v) is 7.14. The molecule has 0 aromatic heterocycles. The Kier molecular flexibility index (Phi) is 7.55. The Morgan fingerprint density at radius 2 is 1.65 bits per heavy atom. The first kappa shape index (κ1) is 22.2. The van der Waals surface area contributed by atoms with Gasteiger partial charge < -0.3 is 9.47 Å². The molecule has 0 spiro atoms. The van der Waals surface area contributed by atoms with Crippen LogP contribution in [0.25, 0.3) is 11.1 Å². The van der Waals surface area contributed by atoms with Crippen LogP contribution in [0.5, 0.6) is 5.75 Å². The SMILES string of the molecule is CCOC(=O)CCc1ccc(OCc2c(F)cccc2-c2ccc(C(C)=O)cc2)cc1. The number of ketones is 1. The molecule has 0 heterocycles. The largest absolute Gasteiger partial charge is 0.489 e. The predicted molar refractivity (Wildman–Crippen MR) is 118 cm³/mol. The molecule has 0 radical (unpaired) electrons. The van der Waals surface area contributed by atoms with E-state index in [2.05, 4.69) is 0 Å². The summed E-state index contributed by atoms with van der Waals surface area (Å²) >= 11 is 0. The number of aryl methyl sites for hydroxylation is 1. The predicted octanol–water partition coefficient (Wildman–Crippen LogP) is 5.77. The Morgan fingerprint density at radius 3 is 2.29 bits per heavy atom. The second kappa shape index (κ2) is 10.5. The van der Waals surface area contributed by atoms with Gasteiger partial charge in [-0.25, -0.2) is 4.39 Å². The summed E-state index contributed by atoms with van der Waals surface area (Å²) in [5.74, 6) is 0.0338. The van der Waals surface area contributed by atoms with E-state index in [1.165, 1.54) is 13.0 Å². The third-order valence-electron chi connectivity index (χ3n) is 4.95. The highest BCUT2D eigenvalue weighted by atomic mass is 19.1. The number of Topliss-reactive ketones (excluding diaryl/α,β-unsaturated/α-hetero) is 1. The maximum absolute atomic E-state index is 14.6. The van der Waals surface area contributed by atoms with Crippen LogP contribution < -0.4 is 4.74 Å². The van der Waals surface area contributed by atoms with Gasteiger partial charge in [0.1, 0.15) is 18.2 Å². The summed E-state index contributed by atoms with van der Waals surface area (Å²) in [5.41, 5.74) is 3.60. The van der Waals surface area contributed by atoms with Gasteiger partial charge in [-0.2, -0.15) is 0 Å².